The molecule has 0 saturated heterocycles. The molecule has 3 rings (SSSR count). The van der Waals surface area contributed by atoms with E-state index < -0.39 is 0 Å². The van der Waals surface area contributed by atoms with Crippen molar-refractivity contribution >= 4 is 0 Å². The normalized spacial score (nSPS) is 42.6. The van der Waals surface area contributed by atoms with E-state index in [1.807, 2.05) is 13.0 Å². The van der Waals surface area contributed by atoms with Crippen molar-refractivity contribution in [3.05, 3.63) is 23.0 Å². The molecule has 2 nitrogen and oxygen atoms in total. The summed E-state index contributed by atoms with van der Waals surface area (Å²) >= 11 is 0. The van der Waals surface area contributed by atoms with Crippen LogP contribution >= 0.6 is 0 Å². The van der Waals surface area contributed by atoms with Gasteiger partial charge in [-0.05, 0) is 68.3 Å². The first-order chi connectivity index (χ1) is 9.43. The third-order valence-corrected chi connectivity index (χ3v) is 6.78. The van der Waals surface area contributed by atoms with Crippen molar-refractivity contribution in [2.45, 2.75) is 65.4 Å². The Labute approximate surface area is 122 Å². The number of allylic oxidation sites excluding steroid dienone is 3. The number of hydrogen-bond donors (Lipinski definition) is 2. The summed E-state index contributed by atoms with van der Waals surface area (Å²) in [4.78, 5) is 0. The summed E-state index contributed by atoms with van der Waals surface area (Å²) in [6.45, 7) is 6.59. The van der Waals surface area contributed by atoms with E-state index in [1.54, 1.807) is 5.57 Å². The van der Waals surface area contributed by atoms with E-state index in [9.17, 15) is 10.2 Å². The number of hydrogen-bond acceptors (Lipinski definition) is 2. The zero-order valence-corrected chi connectivity index (χ0v) is 13.0. The van der Waals surface area contributed by atoms with Gasteiger partial charge in [0, 0.05) is 6.42 Å². The van der Waals surface area contributed by atoms with Crippen molar-refractivity contribution in [3.8, 4) is 0 Å². The average molecular weight is 276 g/mol. The molecule has 1 fully saturated rings. The van der Waals surface area contributed by atoms with Crippen LogP contribution in [0.2, 0.25) is 0 Å². The summed E-state index contributed by atoms with van der Waals surface area (Å²) in [6.07, 6.45) is 8.26. The van der Waals surface area contributed by atoms with Crippen molar-refractivity contribution < 1.29 is 10.2 Å². The van der Waals surface area contributed by atoms with Gasteiger partial charge in [-0.15, -0.1) is 0 Å². The Morgan fingerprint density at radius 1 is 1.35 bits per heavy atom. The fourth-order valence-electron chi connectivity index (χ4n) is 5.00. The Kier molecular flexibility index (Phi) is 3.48. The minimum absolute atomic E-state index is 0.0753. The zero-order chi connectivity index (χ0) is 14.5. The summed E-state index contributed by atoms with van der Waals surface area (Å²) in [6, 6.07) is 0. The highest BCUT2D eigenvalue weighted by atomic mass is 16.3. The topological polar surface area (TPSA) is 40.5 Å². The lowest BCUT2D eigenvalue weighted by Gasteiger charge is -2.53. The van der Waals surface area contributed by atoms with Crippen LogP contribution < -0.4 is 0 Å². The summed E-state index contributed by atoms with van der Waals surface area (Å²) in [5.41, 5.74) is 3.21. The molecule has 20 heavy (non-hydrogen) atoms. The largest absolute Gasteiger partial charge is 0.512 e. The van der Waals surface area contributed by atoms with Gasteiger partial charge in [-0.1, -0.05) is 25.0 Å². The van der Waals surface area contributed by atoms with Crippen LogP contribution in [0.25, 0.3) is 0 Å². The monoisotopic (exact) mass is 276 g/mol. The van der Waals surface area contributed by atoms with E-state index in [-0.39, 0.29) is 11.5 Å². The fourth-order valence-corrected chi connectivity index (χ4v) is 5.00. The van der Waals surface area contributed by atoms with Crippen LogP contribution in [0.1, 0.15) is 59.3 Å². The maximum Gasteiger partial charge on any atom is 0.0926 e. The Hall–Kier alpha value is -0.760. The molecule has 0 spiro atoms. The third-order valence-electron chi connectivity index (χ3n) is 6.78. The molecule has 0 aromatic rings. The van der Waals surface area contributed by atoms with Crippen LogP contribution in [-0.4, -0.2) is 16.3 Å². The van der Waals surface area contributed by atoms with Crippen molar-refractivity contribution in [1.82, 2.24) is 0 Å². The van der Waals surface area contributed by atoms with E-state index in [4.69, 9.17) is 0 Å². The highest BCUT2D eigenvalue weighted by Crippen LogP contribution is 2.56. The molecule has 0 aliphatic heterocycles. The number of fused-ring (bicyclic) bond motifs is 2. The summed E-state index contributed by atoms with van der Waals surface area (Å²) in [7, 11) is 0. The zero-order valence-electron chi connectivity index (χ0n) is 13.0. The number of aliphatic hydroxyl groups is 2. The molecule has 2 N–H and O–H groups in total. The van der Waals surface area contributed by atoms with Crippen LogP contribution in [0, 0.1) is 23.2 Å². The van der Waals surface area contributed by atoms with Crippen LogP contribution in [0.5, 0.6) is 0 Å². The second kappa shape index (κ2) is 4.91. The van der Waals surface area contributed by atoms with Gasteiger partial charge in [0.05, 0.1) is 11.9 Å². The van der Waals surface area contributed by atoms with Gasteiger partial charge in [0.1, 0.15) is 0 Å². The smallest absolute Gasteiger partial charge is 0.0926 e. The van der Waals surface area contributed by atoms with Gasteiger partial charge in [-0.3, -0.25) is 0 Å². The van der Waals surface area contributed by atoms with Gasteiger partial charge in [-0.25, -0.2) is 0 Å². The molecular formula is C18H28O2. The molecule has 0 bridgehead atoms. The molecule has 1 saturated carbocycles. The highest BCUT2D eigenvalue weighted by Gasteiger charge is 2.48. The maximum absolute atomic E-state index is 10.2. The quantitative estimate of drug-likeness (QED) is 0.698. The molecule has 112 valence electrons. The van der Waals surface area contributed by atoms with Crippen molar-refractivity contribution in [2.75, 3.05) is 0 Å². The standard InChI is InChI=1S/C18H28O2/c1-11-15-6-4-13-10-14(20)5-7-16(13)17(15)8-9-18(11,3)12(2)19/h5,11-12,15,17,19-20H,4,6-10H2,1-3H3/t11?,12?,15?,17?,18-/m1/s1. The molecule has 0 radical (unpaired) electrons. The Balaban J connectivity index is 1.86. The average Bonchev–Trinajstić information content (AvgIpc) is 2.42. The van der Waals surface area contributed by atoms with Gasteiger partial charge in [0.25, 0.3) is 0 Å². The first-order valence-corrected chi connectivity index (χ1v) is 8.20. The predicted molar refractivity (Wildman–Crippen MR) is 81.4 cm³/mol. The number of aliphatic hydroxyl groups excluding tert-OH is 2. The predicted octanol–water partition coefficient (Wildman–Crippen LogP) is 4.36. The first-order valence-electron chi connectivity index (χ1n) is 8.20. The molecule has 2 heteroatoms. The molecule has 0 aromatic heterocycles. The SMILES string of the molecule is CC(O)[C@]1(C)CCC2C3=C(CCC2C1C)CC(O)=CC3. The molecule has 0 aromatic carbocycles. The van der Waals surface area contributed by atoms with Crippen molar-refractivity contribution in [3.63, 3.8) is 0 Å². The van der Waals surface area contributed by atoms with Gasteiger partial charge < -0.3 is 10.2 Å². The Morgan fingerprint density at radius 2 is 2.10 bits per heavy atom. The van der Waals surface area contributed by atoms with E-state index in [2.05, 4.69) is 13.8 Å². The van der Waals surface area contributed by atoms with Gasteiger partial charge in [0.15, 0.2) is 0 Å². The van der Waals surface area contributed by atoms with Gasteiger partial charge >= 0.3 is 0 Å². The molecule has 0 amide bonds. The van der Waals surface area contributed by atoms with Crippen LogP contribution in [0.4, 0.5) is 0 Å². The molecule has 4 unspecified atom stereocenters. The Bertz CT molecular complexity index is 460. The van der Waals surface area contributed by atoms with Crippen molar-refractivity contribution in [1.29, 1.82) is 0 Å². The number of rotatable bonds is 1. The van der Waals surface area contributed by atoms with Crippen molar-refractivity contribution in [2.24, 2.45) is 23.2 Å². The van der Waals surface area contributed by atoms with E-state index in [0.29, 0.717) is 17.6 Å². The Morgan fingerprint density at radius 3 is 2.80 bits per heavy atom. The second-order valence-electron chi connectivity index (χ2n) is 7.52. The lowest BCUT2D eigenvalue weighted by atomic mass is 9.53. The van der Waals surface area contributed by atoms with Gasteiger partial charge in [0.2, 0.25) is 0 Å². The molecule has 3 aliphatic rings. The summed E-state index contributed by atoms with van der Waals surface area (Å²) in [5, 5.41) is 20.0. The molecule has 5 atom stereocenters. The lowest BCUT2D eigenvalue weighted by molar-refractivity contribution is -0.0597. The highest BCUT2D eigenvalue weighted by molar-refractivity contribution is 5.32. The summed E-state index contributed by atoms with van der Waals surface area (Å²) in [5.74, 6) is 2.57. The third kappa shape index (κ3) is 2.04. The van der Waals surface area contributed by atoms with E-state index in [1.165, 1.54) is 18.4 Å². The van der Waals surface area contributed by atoms with Crippen LogP contribution in [0.3, 0.4) is 0 Å². The minimum atomic E-state index is -0.218. The minimum Gasteiger partial charge on any atom is -0.512 e. The first kappa shape index (κ1) is 14.2. The van der Waals surface area contributed by atoms with Gasteiger partial charge in [-0.2, -0.15) is 0 Å². The molecular weight excluding hydrogens is 248 g/mol. The van der Waals surface area contributed by atoms with E-state index >= 15 is 0 Å². The van der Waals surface area contributed by atoms with E-state index in [0.717, 1.165) is 31.6 Å². The fraction of sp³-hybridized carbons (Fsp3) is 0.778. The van der Waals surface area contributed by atoms with Crippen LogP contribution in [-0.2, 0) is 0 Å². The molecule has 3 aliphatic carbocycles. The lowest BCUT2D eigenvalue weighted by Crippen LogP contribution is -2.47. The van der Waals surface area contributed by atoms with Crippen LogP contribution in [0.15, 0.2) is 23.0 Å². The molecule has 0 heterocycles. The summed E-state index contributed by atoms with van der Waals surface area (Å²) < 4.78 is 0. The second-order valence-corrected chi connectivity index (χ2v) is 7.52. The maximum atomic E-state index is 10.2.